The molecular weight excluding hydrogens is 210 g/mol. The summed E-state index contributed by atoms with van der Waals surface area (Å²) in [7, 11) is 0. The summed E-state index contributed by atoms with van der Waals surface area (Å²) in [6.07, 6.45) is 2.28. The highest BCUT2D eigenvalue weighted by Crippen LogP contribution is 2.05. The molecule has 0 aliphatic heterocycles. The number of carbonyl (C=O) groups is 1. The number of rotatable bonds is 7. The standard InChI is InChI=1S/C10H17N3O3/c1-2-16-10(15)9-8(7-12-13-9)6-11-4-3-5-14/h7,11,14H,2-6H2,1H3,(H,12,13). The van der Waals surface area contributed by atoms with Crippen molar-refractivity contribution in [2.75, 3.05) is 19.8 Å². The second kappa shape index (κ2) is 6.97. The van der Waals surface area contributed by atoms with Crippen LogP contribution in [0.2, 0.25) is 0 Å². The second-order valence-electron chi connectivity index (χ2n) is 3.24. The summed E-state index contributed by atoms with van der Waals surface area (Å²) in [5.41, 5.74) is 1.16. The van der Waals surface area contributed by atoms with Crippen LogP contribution in [-0.4, -0.2) is 41.0 Å². The predicted octanol–water partition coefficient (Wildman–Crippen LogP) is 0.0584. The van der Waals surface area contributed by atoms with E-state index in [-0.39, 0.29) is 12.6 Å². The van der Waals surface area contributed by atoms with Gasteiger partial charge in [0, 0.05) is 18.7 Å². The molecule has 6 nitrogen and oxygen atoms in total. The van der Waals surface area contributed by atoms with Gasteiger partial charge >= 0.3 is 5.97 Å². The minimum atomic E-state index is -0.390. The van der Waals surface area contributed by atoms with Crippen LogP contribution in [0.5, 0.6) is 0 Å². The molecule has 0 unspecified atom stereocenters. The van der Waals surface area contributed by atoms with Crippen LogP contribution < -0.4 is 5.32 Å². The first-order valence-electron chi connectivity index (χ1n) is 5.30. The first-order chi connectivity index (χ1) is 7.79. The molecule has 0 saturated carbocycles. The Bertz CT molecular complexity index is 325. The summed E-state index contributed by atoms with van der Waals surface area (Å²) in [4.78, 5) is 11.5. The lowest BCUT2D eigenvalue weighted by molar-refractivity contribution is 0.0518. The Balaban J connectivity index is 2.47. The van der Waals surface area contributed by atoms with Gasteiger partial charge in [-0.15, -0.1) is 0 Å². The molecule has 0 aliphatic carbocycles. The van der Waals surface area contributed by atoms with E-state index in [0.29, 0.717) is 31.8 Å². The lowest BCUT2D eigenvalue weighted by Crippen LogP contribution is -2.18. The van der Waals surface area contributed by atoms with E-state index in [1.165, 1.54) is 0 Å². The summed E-state index contributed by atoms with van der Waals surface area (Å²) < 4.78 is 4.88. The minimum absolute atomic E-state index is 0.156. The molecule has 90 valence electrons. The summed E-state index contributed by atoms with van der Waals surface area (Å²) in [5.74, 6) is -0.390. The third-order valence-corrected chi connectivity index (χ3v) is 2.02. The number of aromatic amines is 1. The molecule has 0 spiro atoms. The van der Waals surface area contributed by atoms with E-state index in [9.17, 15) is 4.79 Å². The Morgan fingerprint density at radius 2 is 2.50 bits per heavy atom. The van der Waals surface area contributed by atoms with Gasteiger partial charge in [0.05, 0.1) is 12.8 Å². The van der Waals surface area contributed by atoms with Gasteiger partial charge in [0.15, 0.2) is 0 Å². The van der Waals surface area contributed by atoms with Crippen molar-refractivity contribution in [3.05, 3.63) is 17.5 Å². The van der Waals surface area contributed by atoms with Crippen LogP contribution in [0, 0.1) is 0 Å². The third-order valence-electron chi connectivity index (χ3n) is 2.02. The average Bonchev–Trinajstić information content (AvgIpc) is 2.73. The number of aromatic nitrogens is 2. The maximum Gasteiger partial charge on any atom is 0.356 e. The molecule has 1 aromatic rings. The average molecular weight is 227 g/mol. The van der Waals surface area contributed by atoms with Crippen molar-refractivity contribution in [2.45, 2.75) is 19.9 Å². The van der Waals surface area contributed by atoms with Crippen molar-refractivity contribution in [3.63, 3.8) is 0 Å². The zero-order chi connectivity index (χ0) is 11.8. The SMILES string of the molecule is CCOC(=O)c1[nH]ncc1CNCCCO. The topological polar surface area (TPSA) is 87.2 Å². The molecule has 0 bridgehead atoms. The van der Waals surface area contributed by atoms with E-state index in [1.807, 2.05) is 0 Å². The van der Waals surface area contributed by atoms with Crippen molar-refractivity contribution >= 4 is 5.97 Å². The van der Waals surface area contributed by atoms with Crippen molar-refractivity contribution in [3.8, 4) is 0 Å². The number of H-pyrrole nitrogens is 1. The molecule has 0 fully saturated rings. The number of hydrogen-bond acceptors (Lipinski definition) is 5. The zero-order valence-corrected chi connectivity index (χ0v) is 9.32. The smallest absolute Gasteiger partial charge is 0.356 e. The Morgan fingerprint density at radius 1 is 1.69 bits per heavy atom. The Morgan fingerprint density at radius 3 is 3.19 bits per heavy atom. The molecule has 6 heteroatoms. The molecule has 0 atom stereocenters. The number of aliphatic hydroxyl groups is 1. The van der Waals surface area contributed by atoms with Crippen LogP contribution in [0.25, 0.3) is 0 Å². The fourth-order valence-corrected chi connectivity index (χ4v) is 1.25. The number of hydrogen-bond donors (Lipinski definition) is 3. The molecule has 16 heavy (non-hydrogen) atoms. The van der Waals surface area contributed by atoms with Gasteiger partial charge in [0.2, 0.25) is 0 Å². The van der Waals surface area contributed by atoms with Crippen LogP contribution >= 0.6 is 0 Å². The normalized spacial score (nSPS) is 10.4. The molecule has 1 heterocycles. The Labute approximate surface area is 94.0 Å². The van der Waals surface area contributed by atoms with E-state index >= 15 is 0 Å². The van der Waals surface area contributed by atoms with Crippen molar-refractivity contribution in [2.24, 2.45) is 0 Å². The van der Waals surface area contributed by atoms with Gasteiger partial charge in [-0.05, 0) is 19.9 Å². The molecule has 0 radical (unpaired) electrons. The van der Waals surface area contributed by atoms with Crippen LogP contribution in [0.1, 0.15) is 29.4 Å². The van der Waals surface area contributed by atoms with Gasteiger partial charge in [-0.3, -0.25) is 5.10 Å². The monoisotopic (exact) mass is 227 g/mol. The second-order valence-corrected chi connectivity index (χ2v) is 3.24. The predicted molar refractivity (Wildman–Crippen MR) is 58.0 cm³/mol. The quantitative estimate of drug-likeness (QED) is 0.453. The zero-order valence-electron chi connectivity index (χ0n) is 9.32. The molecule has 0 amide bonds. The molecule has 0 saturated heterocycles. The molecule has 3 N–H and O–H groups in total. The van der Waals surface area contributed by atoms with Crippen molar-refractivity contribution in [1.82, 2.24) is 15.5 Å². The summed E-state index contributed by atoms with van der Waals surface area (Å²) in [6.45, 7) is 3.49. The molecular formula is C10H17N3O3. The fraction of sp³-hybridized carbons (Fsp3) is 0.600. The highest BCUT2D eigenvalue weighted by atomic mass is 16.5. The molecule has 0 aromatic carbocycles. The Kier molecular flexibility index (Phi) is 5.52. The first kappa shape index (κ1) is 12.7. The van der Waals surface area contributed by atoms with Crippen LogP contribution in [0.15, 0.2) is 6.20 Å². The number of nitrogens with zero attached hydrogens (tertiary/aromatic N) is 1. The van der Waals surface area contributed by atoms with E-state index in [1.54, 1.807) is 13.1 Å². The summed E-state index contributed by atoms with van der Waals surface area (Å²) in [5, 5.41) is 18.1. The lowest BCUT2D eigenvalue weighted by atomic mass is 10.2. The minimum Gasteiger partial charge on any atom is -0.461 e. The number of nitrogens with one attached hydrogen (secondary N) is 2. The number of carbonyl (C=O) groups excluding carboxylic acids is 1. The number of ether oxygens (including phenoxy) is 1. The van der Waals surface area contributed by atoms with Gasteiger partial charge in [-0.1, -0.05) is 0 Å². The van der Waals surface area contributed by atoms with Gasteiger partial charge in [0.1, 0.15) is 5.69 Å². The third kappa shape index (κ3) is 3.63. The fourth-order valence-electron chi connectivity index (χ4n) is 1.25. The Hall–Kier alpha value is -1.40. The van der Waals surface area contributed by atoms with Crippen LogP contribution in [0.4, 0.5) is 0 Å². The first-order valence-corrected chi connectivity index (χ1v) is 5.30. The number of aliphatic hydroxyl groups excluding tert-OH is 1. The van der Waals surface area contributed by atoms with Crippen LogP contribution in [-0.2, 0) is 11.3 Å². The molecule has 0 aliphatic rings. The highest BCUT2D eigenvalue weighted by Gasteiger charge is 2.13. The summed E-state index contributed by atoms with van der Waals surface area (Å²) >= 11 is 0. The van der Waals surface area contributed by atoms with Crippen LogP contribution in [0.3, 0.4) is 0 Å². The van der Waals surface area contributed by atoms with E-state index in [0.717, 1.165) is 5.56 Å². The van der Waals surface area contributed by atoms with Gasteiger partial charge in [0.25, 0.3) is 0 Å². The summed E-state index contributed by atoms with van der Waals surface area (Å²) in [6, 6.07) is 0. The van der Waals surface area contributed by atoms with Gasteiger partial charge in [-0.2, -0.15) is 5.10 Å². The van der Waals surface area contributed by atoms with Crippen molar-refractivity contribution in [1.29, 1.82) is 0 Å². The van der Waals surface area contributed by atoms with E-state index < -0.39 is 0 Å². The number of esters is 1. The van der Waals surface area contributed by atoms with E-state index in [4.69, 9.17) is 9.84 Å². The van der Waals surface area contributed by atoms with E-state index in [2.05, 4.69) is 15.5 Å². The van der Waals surface area contributed by atoms with Gasteiger partial charge < -0.3 is 15.2 Å². The highest BCUT2D eigenvalue weighted by molar-refractivity contribution is 5.88. The largest absolute Gasteiger partial charge is 0.461 e. The maximum absolute atomic E-state index is 11.5. The van der Waals surface area contributed by atoms with Crippen molar-refractivity contribution < 1.29 is 14.6 Å². The lowest BCUT2D eigenvalue weighted by Gasteiger charge is -2.04. The molecule has 1 rings (SSSR count). The maximum atomic E-state index is 11.5. The molecule has 1 aromatic heterocycles. The van der Waals surface area contributed by atoms with Gasteiger partial charge in [-0.25, -0.2) is 4.79 Å².